The number of carbonyl (C=O) groups excluding carboxylic acids is 2. The van der Waals surface area contributed by atoms with Crippen LogP contribution in [-0.2, 0) is 4.74 Å². The van der Waals surface area contributed by atoms with Crippen molar-refractivity contribution in [3.63, 3.8) is 0 Å². The van der Waals surface area contributed by atoms with Gasteiger partial charge in [-0.3, -0.25) is 14.8 Å². The Bertz CT molecular complexity index is 1180. The maximum Gasteiger partial charge on any atom is 0.369 e. The highest BCUT2D eigenvalue weighted by Gasteiger charge is 2.15. The molecule has 0 atom stereocenters. The van der Waals surface area contributed by atoms with Crippen molar-refractivity contribution in [3.8, 4) is 21.1 Å². The van der Waals surface area contributed by atoms with E-state index in [0.29, 0.717) is 21.6 Å². The molecular weight excluding hydrogens is 488 g/mol. The van der Waals surface area contributed by atoms with Crippen LogP contribution in [0.4, 0.5) is 0 Å². The molecule has 35 heavy (non-hydrogen) atoms. The van der Waals surface area contributed by atoms with Gasteiger partial charge >= 0.3 is 5.97 Å². The number of hydrogen-bond acceptors (Lipinski definition) is 12. The van der Waals surface area contributed by atoms with Crippen molar-refractivity contribution < 1.29 is 14.3 Å². The molecule has 4 rings (SSSR count). The first kappa shape index (κ1) is 27.6. The summed E-state index contributed by atoms with van der Waals surface area (Å²) in [6.45, 7) is 2.08. The number of ether oxygens (including phenoxy) is 1. The Kier molecular flexibility index (Phi) is 11.5. The lowest BCUT2D eigenvalue weighted by Crippen LogP contribution is -2.21. The summed E-state index contributed by atoms with van der Waals surface area (Å²) in [6, 6.07) is 7.38. The predicted octanol–water partition coefficient (Wildman–Crippen LogP) is 2.91. The maximum atomic E-state index is 11.6. The number of esters is 1. The molecule has 0 aliphatic heterocycles. The Balaban J connectivity index is 0.000000222. The summed E-state index contributed by atoms with van der Waals surface area (Å²) in [4.78, 5) is 32.4. The van der Waals surface area contributed by atoms with Gasteiger partial charge in [0, 0.05) is 50.0 Å². The third-order valence-corrected chi connectivity index (χ3v) is 5.62. The van der Waals surface area contributed by atoms with E-state index in [-0.39, 0.29) is 10.9 Å². The molecule has 4 aromatic rings. The number of nitrogens with one attached hydrogen (secondary N) is 1. The molecule has 0 unspecified atom stereocenters. The molecule has 0 saturated carbocycles. The summed E-state index contributed by atoms with van der Waals surface area (Å²) in [7, 11) is 7.13. The first-order valence-electron chi connectivity index (χ1n) is 10.4. The summed E-state index contributed by atoms with van der Waals surface area (Å²) in [6.07, 6.45) is 6.74. The number of hydrogen-bond donors (Lipinski definition) is 1. The van der Waals surface area contributed by atoms with Crippen molar-refractivity contribution in [3.05, 3.63) is 59.1 Å². The Labute approximate surface area is 211 Å². The molecule has 0 spiro atoms. The van der Waals surface area contributed by atoms with E-state index >= 15 is 0 Å². The molecule has 0 radical (unpaired) electrons. The molecule has 0 aliphatic rings. The second-order valence-electron chi connectivity index (χ2n) is 6.73. The molecular formula is C22H26N8O3S2. The predicted molar refractivity (Wildman–Crippen MR) is 135 cm³/mol. The van der Waals surface area contributed by atoms with Gasteiger partial charge in [-0.05, 0) is 45.3 Å². The van der Waals surface area contributed by atoms with Crippen LogP contribution in [0.3, 0.4) is 0 Å². The topological polar surface area (TPSA) is 136 Å². The van der Waals surface area contributed by atoms with Crippen LogP contribution in [0.15, 0.2) is 49.1 Å². The fourth-order valence-corrected chi connectivity index (χ4v) is 3.79. The Hall–Kier alpha value is -3.68. The van der Waals surface area contributed by atoms with Crippen LogP contribution >= 0.6 is 22.7 Å². The van der Waals surface area contributed by atoms with E-state index in [0.717, 1.165) is 11.1 Å². The van der Waals surface area contributed by atoms with Crippen LogP contribution in [0.1, 0.15) is 26.5 Å². The lowest BCUT2D eigenvalue weighted by atomic mass is 10.3. The highest BCUT2D eigenvalue weighted by molar-refractivity contribution is 7.16. The fourth-order valence-electron chi connectivity index (χ4n) is 2.21. The number of rotatable bonds is 5. The normalized spacial score (nSPS) is 9.74. The quantitative estimate of drug-likeness (QED) is 0.396. The summed E-state index contributed by atoms with van der Waals surface area (Å²) >= 11 is 2.47. The molecule has 184 valence electrons. The van der Waals surface area contributed by atoms with Crippen molar-refractivity contribution in [1.82, 2.24) is 40.6 Å². The first-order chi connectivity index (χ1) is 16.9. The average Bonchev–Trinajstić information content (AvgIpc) is 3.56. The molecule has 0 saturated heterocycles. The number of nitrogens with zero attached hydrogens (tertiary/aromatic N) is 7. The van der Waals surface area contributed by atoms with Gasteiger partial charge in [0.05, 0.1) is 6.61 Å². The highest BCUT2D eigenvalue weighted by Crippen LogP contribution is 2.23. The molecule has 0 fully saturated rings. The molecule has 13 heteroatoms. The second kappa shape index (κ2) is 14.6. The zero-order chi connectivity index (χ0) is 25.6. The second-order valence-corrected chi connectivity index (χ2v) is 8.68. The minimum atomic E-state index is -0.435. The number of amides is 1. The zero-order valence-electron chi connectivity index (χ0n) is 20.0. The van der Waals surface area contributed by atoms with Crippen LogP contribution in [0.5, 0.6) is 0 Å². The smallest absolute Gasteiger partial charge is 0.369 e. The van der Waals surface area contributed by atoms with Gasteiger partial charge < -0.3 is 15.0 Å². The number of carbonyl (C=O) groups is 2. The Morgan fingerprint density at radius 2 is 1.37 bits per heavy atom. The lowest BCUT2D eigenvalue weighted by molar-refractivity contribution is 0.0524. The van der Waals surface area contributed by atoms with Gasteiger partial charge in [-0.2, -0.15) is 0 Å². The molecule has 11 nitrogen and oxygen atoms in total. The first-order valence-corrected chi connectivity index (χ1v) is 12.0. The minimum absolute atomic E-state index is 0.132. The van der Waals surface area contributed by atoms with E-state index in [9.17, 15) is 9.59 Å². The maximum absolute atomic E-state index is 11.6. The van der Waals surface area contributed by atoms with E-state index in [1.54, 1.807) is 51.9 Å². The van der Waals surface area contributed by atoms with Crippen LogP contribution in [0.25, 0.3) is 21.1 Å². The number of aromatic nitrogens is 6. The third-order valence-electron chi connectivity index (χ3n) is 3.71. The van der Waals surface area contributed by atoms with Crippen LogP contribution in [0, 0.1) is 0 Å². The summed E-state index contributed by atoms with van der Waals surface area (Å²) in [5.41, 5.74) is 1.72. The van der Waals surface area contributed by atoms with Gasteiger partial charge in [-0.25, -0.2) is 4.79 Å². The van der Waals surface area contributed by atoms with Gasteiger partial charge in [-0.15, -0.1) is 20.4 Å². The monoisotopic (exact) mass is 514 g/mol. The van der Waals surface area contributed by atoms with Gasteiger partial charge in [0.25, 0.3) is 5.91 Å². The van der Waals surface area contributed by atoms with Crippen LogP contribution in [0.2, 0.25) is 0 Å². The third kappa shape index (κ3) is 8.55. The molecule has 1 N–H and O–H groups in total. The summed E-state index contributed by atoms with van der Waals surface area (Å²) in [5, 5.41) is 20.3. The van der Waals surface area contributed by atoms with Crippen molar-refractivity contribution in [2.75, 3.05) is 34.8 Å². The van der Waals surface area contributed by atoms with Crippen molar-refractivity contribution in [1.29, 1.82) is 0 Å². The van der Waals surface area contributed by atoms with Gasteiger partial charge in [0.15, 0.2) is 0 Å². The summed E-state index contributed by atoms with van der Waals surface area (Å²) < 4.78 is 4.83. The van der Waals surface area contributed by atoms with Crippen LogP contribution < -0.4 is 5.32 Å². The van der Waals surface area contributed by atoms with E-state index in [2.05, 4.69) is 35.7 Å². The largest absolute Gasteiger partial charge is 0.461 e. The lowest BCUT2D eigenvalue weighted by Gasteiger charge is -2.05. The van der Waals surface area contributed by atoms with Crippen molar-refractivity contribution in [2.24, 2.45) is 0 Å². The van der Waals surface area contributed by atoms with Gasteiger partial charge in [0.2, 0.25) is 10.0 Å². The van der Waals surface area contributed by atoms with E-state index < -0.39 is 5.97 Å². The van der Waals surface area contributed by atoms with Crippen LogP contribution in [-0.4, -0.2) is 81.9 Å². The zero-order valence-corrected chi connectivity index (χ0v) is 21.6. The van der Waals surface area contributed by atoms with E-state index in [1.165, 1.54) is 27.6 Å². The van der Waals surface area contributed by atoms with Crippen molar-refractivity contribution in [2.45, 2.75) is 6.92 Å². The SMILES string of the molecule is CCOC(=O)c1nnc(-c2cccnc2)s1.CN(C)C(=O)c1nnc(-c2cccnc2)s1.CNC. The van der Waals surface area contributed by atoms with E-state index in [1.807, 2.05) is 32.3 Å². The van der Waals surface area contributed by atoms with Gasteiger partial charge in [0.1, 0.15) is 10.0 Å². The summed E-state index contributed by atoms with van der Waals surface area (Å²) in [5.74, 6) is -0.567. The molecule has 4 heterocycles. The minimum Gasteiger partial charge on any atom is -0.461 e. The molecule has 0 aliphatic carbocycles. The standard InChI is InChI=1S/C10H10N4OS.C10H9N3O2S.C2H7N/c1-14(2)10(15)9-13-12-8(16-9)7-4-3-5-11-6-7;1-2-15-10(14)9-13-12-8(16-9)7-4-3-5-11-6-7;1-3-2/h3-6H,1-2H3;3-6H,2H2,1H3;3H,1-2H3. The van der Waals surface area contributed by atoms with Gasteiger partial charge in [-0.1, -0.05) is 22.7 Å². The Morgan fingerprint density at radius 3 is 1.80 bits per heavy atom. The number of pyridine rings is 2. The Morgan fingerprint density at radius 1 is 0.886 bits per heavy atom. The fraction of sp³-hybridized carbons (Fsp3) is 0.273. The van der Waals surface area contributed by atoms with Crippen molar-refractivity contribution >= 4 is 34.6 Å². The van der Waals surface area contributed by atoms with E-state index in [4.69, 9.17) is 4.74 Å². The molecule has 0 bridgehead atoms. The highest BCUT2D eigenvalue weighted by atomic mass is 32.1. The average molecular weight is 515 g/mol. The molecule has 0 aromatic carbocycles. The molecule has 1 amide bonds. The molecule has 4 aromatic heterocycles.